The van der Waals surface area contributed by atoms with Crippen molar-refractivity contribution in [2.24, 2.45) is 0 Å². The van der Waals surface area contributed by atoms with Gasteiger partial charge >= 0.3 is 11.8 Å². The van der Waals surface area contributed by atoms with Gasteiger partial charge in [0.15, 0.2) is 22.4 Å². The molecule has 0 saturated carbocycles. The molecule has 28 heavy (non-hydrogen) atoms. The van der Waals surface area contributed by atoms with Crippen molar-refractivity contribution in [2.45, 2.75) is 0 Å². The summed E-state index contributed by atoms with van der Waals surface area (Å²) < 4.78 is 24.9. The first-order valence-electron chi connectivity index (χ1n) is 7.80. The molecule has 1 aromatic heterocycles. The van der Waals surface area contributed by atoms with Crippen LogP contribution in [0.3, 0.4) is 0 Å². The van der Waals surface area contributed by atoms with Crippen LogP contribution in [0.5, 0.6) is 17.2 Å². The topological polar surface area (TPSA) is 89.5 Å². The lowest BCUT2D eigenvalue weighted by Gasteiger charge is -2.14. The Balaban J connectivity index is 1.78. The maximum Gasteiger partial charge on any atom is 0.315 e. The summed E-state index contributed by atoms with van der Waals surface area (Å²) in [6, 6.07) is 10.2. The number of ether oxygens (including phenoxy) is 2. The summed E-state index contributed by atoms with van der Waals surface area (Å²) in [6.45, 7) is 0. The number of methoxy groups -OCH3 is 1. The van der Waals surface area contributed by atoms with Gasteiger partial charge in [0.1, 0.15) is 10.2 Å². The minimum atomic E-state index is -0.984. The molecule has 3 aromatic rings. The van der Waals surface area contributed by atoms with Crippen LogP contribution in [0.15, 0.2) is 48.7 Å². The Kier molecular flexibility index (Phi) is 6.07. The summed E-state index contributed by atoms with van der Waals surface area (Å²) in [5.74, 6) is -1.79. The largest absolute Gasteiger partial charge is 0.493 e. The first-order chi connectivity index (χ1) is 13.5. The second-order valence-corrected chi connectivity index (χ2v) is 6.93. The van der Waals surface area contributed by atoms with Crippen LogP contribution in [0, 0.1) is 5.82 Å². The van der Waals surface area contributed by atoms with Crippen molar-refractivity contribution in [1.82, 2.24) is 4.98 Å². The fourth-order valence-electron chi connectivity index (χ4n) is 2.15. The average Bonchev–Trinajstić information content (AvgIpc) is 3.09. The summed E-state index contributed by atoms with van der Waals surface area (Å²) >= 11 is 6.74. The third kappa shape index (κ3) is 4.76. The Labute approximate surface area is 168 Å². The molecule has 7 nitrogen and oxygen atoms in total. The zero-order valence-corrected chi connectivity index (χ0v) is 15.9. The van der Waals surface area contributed by atoms with E-state index in [1.165, 1.54) is 19.4 Å². The molecule has 2 aromatic carbocycles. The molecular formula is C18H13ClFN3O4S. The lowest BCUT2D eigenvalue weighted by Crippen LogP contribution is -2.29. The Morgan fingerprint density at radius 3 is 2.46 bits per heavy atom. The number of thiazole rings is 1. The lowest BCUT2D eigenvalue weighted by atomic mass is 10.2. The van der Waals surface area contributed by atoms with Crippen LogP contribution < -0.4 is 20.1 Å². The molecule has 0 fully saturated rings. The van der Waals surface area contributed by atoms with Crippen molar-refractivity contribution in [1.29, 1.82) is 0 Å². The highest BCUT2D eigenvalue weighted by Gasteiger charge is 2.19. The van der Waals surface area contributed by atoms with Gasteiger partial charge in [0, 0.05) is 6.07 Å². The van der Waals surface area contributed by atoms with E-state index in [1.54, 1.807) is 24.3 Å². The van der Waals surface area contributed by atoms with Gasteiger partial charge in [-0.3, -0.25) is 14.9 Å². The van der Waals surface area contributed by atoms with Gasteiger partial charge in [-0.25, -0.2) is 9.37 Å². The van der Waals surface area contributed by atoms with Crippen LogP contribution in [-0.2, 0) is 9.59 Å². The highest BCUT2D eigenvalue weighted by atomic mass is 35.5. The van der Waals surface area contributed by atoms with E-state index < -0.39 is 17.6 Å². The molecule has 2 amide bonds. The predicted octanol–water partition coefficient (Wildman–Crippen LogP) is 4.31. The van der Waals surface area contributed by atoms with Crippen molar-refractivity contribution in [3.8, 4) is 17.2 Å². The molecule has 0 bridgehead atoms. The van der Waals surface area contributed by atoms with Crippen LogP contribution in [0.1, 0.15) is 0 Å². The molecule has 2 N–H and O–H groups in total. The Hall–Kier alpha value is -3.17. The van der Waals surface area contributed by atoms with Crippen molar-refractivity contribution < 1.29 is 23.5 Å². The standard InChI is InChI=1S/C18H13ClFN3O4S/c1-26-12-4-2-3-5-13(12)27-14-8-10(20)6-7-11(14)22-16(24)17(25)23-18-21-9-15(19)28-18/h2-9H,1H3,(H,22,24)(H,21,23,25). The number of hydrogen-bond donors (Lipinski definition) is 2. The van der Waals surface area contributed by atoms with Crippen LogP contribution >= 0.6 is 22.9 Å². The van der Waals surface area contributed by atoms with Gasteiger partial charge in [-0.1, -0.05) is 35.1 Å². The van der Waals surface area contributed by atoms with Crippen molar-refractivity contribution in [3.63, 3.8) is 0 Å². The molecular weight excluding hydrogens is 409 g/mol. The normalized spacial score (nSPS) is 10.2. The van der Waals surface area contributed by atoms with Crippen LogP contribution in [0.2, 0.25) is 4.34 Å². The van der Waals surface area contributed by atoms with Crippen molar-refractivity contribution in [3.05, 3.63) is 58.8 Å². The van der Waals surface area contributed by atoms with E-state index in [0.29, 0.717) is 15.8 Å². The molecule has 0 radical (unpaired) electrons. The third-order valence-corrected chi connectivity index (χ3v) is 4.42. The van der Waals surface area contributed by atoms with E-state index in [1.807, 2.05) is 0 Å². The van der Waals surface area contributed by atoms with E-state index in [4.69, 9.17) is 21.1 Å². The number of para-hydroxylation sites is 2. The SMILES string of the molecule is COc1ccccc1Oc1cc(F)ccc1NC(=O)C(=O)Nc1ncc(Cl)s1. The number of rotatable bonds is 5. The summed E-state index contributed by atoms with van der Waals surface area (Å²) in [6.07, 6.45) is 1.35. The number of aromatic nitrogens is 1. The van der Waals surface area contributed by atoms with Crippen LogP contribution in [-0.4, -0.2) is 23.9 Å². The average molecular weight is 422 g/mol. The molecule has 0 spiro atoms. The summed E-state index contributed by atoms with van der Waals surface area (Å²) in [7, 11) is 1.46. The van der Waals surface area contributed by atoms with Gasteiger partial charge in [0.25, 0.3) is 0 Å². The van der Waals surface area contributed by atoms with Gasteiger partial charge in [0.05, 0.1) is 19.0 Å². The number of nitrogens with one attached hydrogen (secondary N) is 2. The lowest BCUT2D eigenvalue weighted by molar-refractivity contribution is -0.133. The van der Waals surface area contributed by atoms with Gasteiger partial charge in [-0.15, -0.1) is 0 Å². The molecule has 0 aliphatic heterocycles. The summed E-state index contributed by atoms with van der Waals surface area (Å²) in [5.41, 5.74) is 0.102. The molecule has 0 saturated heterocycles. The number of benzene rings is 2. The number of halogens is 2. The van der Waals surface area contributed by atoms with Crippen molar-refractivity contribution >= 4 is 45.6 Å². The summed E-state index contributed by atoms with van der Waals surface area (Å²) in [5, 5.41) is 4.88. The first kappa shape index (κ1) is 19.6. The van der Waals surface area contributed by atoms with E-state index in [2.05, 4.69) is 15.6 Å². The zero-order chi connectivity index (χ0) is 20.1. The molecule has 144 valence electrons. The Morgan fingerprint density at radius 2 is 1.79 bits per heavy atom. The molecule has 0 aliphatic carbocycles. The number of carbonyl (C=O) groups excluding carboxylic acids is 2. The number of hydrogen-bond acceptors (Lipinski definition) is 6. The quantitative estimate of drug-likeness (QED) is 0.599. The van der Waals surface area contributed by atoms with Crippen molar-refractivity contribution in [2.75, 3.05) is 17.7 Å². The Morgan fingerprint density at radius 1 is 1.07 bits per heavy atom. The number of amides is 2. The zero-order valence-electron chi connectivity index (χ0n) is 14.4. The van der Waals surface area contributed by atoms with E-state index in [0.717, 1.165) is 23.5 Å². The first-order valence-corrected chi connectivity index (χ1v) is 9.00. The van der Waals surface area contributed by atoms with Crippen LogP contribution in [0.4, 0.5) is 15.2 Å². The minimum Gasteiger partial charge on any atom is -0.493 e. The molecule has 0 aliphatic rings. The van der Waals surface area contributed by atoms with Gasteiger partial charge in [-0.2, -0.15) is 0 Å². The Bertz CT molecular complexity index is 1030. The summed E-state index contributed by atoms with van der Waals surface area (Å²) in [4.78, 5) is 28.0. The predicted molar refractivity (Wildman–Crippen MR) is 104 cm³/mol. The smallest absolute Gasteiger partial charge is 0.315 e. The molecule has 3 rings (SSSR count). The fourth-order valence-corrected chi connectivity index (χ4v) is 2.96. The highest BCUT2D eigenvalue weighted by Crippen LogP contribution is 2.35. The number of anilines is 2. The molecule has 10 heteroatoms. The molecule has 1 heterocycles. The van der Waals surface area contributed by atoms with E-state index >= 15 is 0 Å². The third-order valence-electron chi connectivity index (χ3n) is 3.39. The van der Waals surface area contributed by atoms with Gasteiger partial charge in [0.2, 0.25) is 0 Å². The van der Waals surface area contributed by atoms with Gasteiger partial charge in [-0.05, 0) is 24.3 Å². The fraction of sp³-hybridized carbons (Fsp3) is 0.0556. The second kappa shape index (κ2) is 8.68. The number of nitrogens with zero attached hydrogens (tertiary/aromatic N) is 1. The van der Waals surface area contributed by atoms with E-state index in [-0.39, 0.29) is 16.6 Å². The maximum absolute atomic E-state index is 13.7. The maximum atomic E-state index is 13.7. The number of carbonyl (C=O) groups is 2. The second-order valence-electron chi connectivity index (χ2n) is 5.27. The van der Waals surface area contributed by atoms with Crippen LogP contribution in [0.25, 0.3) is 0 Å². The molecule has 0 unspecified atom stereocenters. The van der Waals surface area contributed by atoms with Gasteiger partial charge < -0.3 is 14.8 Å². The monoisotopic (exact) mass is 421 g/mol. The minimum absolute atomic E-state index is 0.00273. The highest BCUT2D eigenvalue weighted by molar-refractivity contribution is 7.19. The van der Waals surface area contributed by atoms with E-state index in [9.17, 15) is 14.0 Å². The molecule has 0 atom stereocenters.